The molecule has 2 aromatic rings. The van der Waals surface area contributed by atoms with Crippen molar-refractivity contribution in [3.8, 4) is 0 Å². The zero-order valence-electron chi connectivity index (χ0n) is 21.8. The predicted molar refractivity (Wildman–Crippen MR) is 136 cm³/mol. The molecule has 6 rings (SSSR count). The van der Waals surface area contributed by atoms with Crippen LogP contribution in [0.4, 0.5) is 24.1 Å². The third kappa shape index (κ3) is 4.09. The lowest BCUT2D eigenvalue weighted by Gasteiger charge is -2.39. The topological polar surface area (TPSA) is 128 Å². The highest BCUT2D eigenvalue weighted by Gasteiger charge is 2.59. The van der Waals surface area contributed by atoms with Gasteiger partial charge in [0.2, 0.25) is 11.5 Å². The molecular weight excluding hydrogens is 526 g/mol. The fourth-order valence-electron chi connectivity index (χ4n) is 6.18. The van der Waals surface area contributed by atoms with E-state index in [-0.39, 0.29) is 43.0 Å². The van der Waals surface area contributed by atoms with Crippen molar-refractivity contribution in [3.63, 3.8) is 0 Å². The van der Waals surface area contributed by atoms with E-state index in [1.165, 1.54) is 30.1 Å². The lowest BCUT2D eigenvalue weighted by atomic mass is 9.94. The molecule has 1 saturated heterocycles. The van der Waals surface area contributed by atoms with E-state index >= 15 is 0 Å². The molecular formula is C28H28F2N4O6. The Kier molecular flexibility index (Phi) is 6.06. The molecule has 0 unspecified atom stereocenters. The predicted octanol–water partition coefficient (Wildman–Crippen LogP) is 2.91. The first-order valence-corrected chi connectivity index (χ1v) is 13.2. The van der Waals surface area contributed by atoms with Gasteiger partial charge < -0.3 is 25.4 Å². The Bertz CT molecular complexity index is 1460. The Labute approximate surface area is 228 Å². The smallest absolute Gasteiger partial charge is 0.418 e. The number of rotatable bonds is 4. The highest BCUT2D eigenvalue weighted by molar-refractivity contribution is 6.06. The molecule has 2 aliphatic heterocycles. The summed E-state index contributed by atoms with van der Waals surface area (Å²) in [5, 5.41) is 16.4. The molecule has 10 nitrogen and oxygen atoms in total. The van der Waals surface area contributed by atoms with Crippen LogP contribution in [0.1, 0.15) is 47.9 Å². The van der Waals surface area contributed by atoms with Gasteiger partial charge in [-0.1, -0.05) is 6.07 Å². The van der Waals surface area contributed by atoms with Gasteiger partial charge in [0.15, 0.2) is 0 Å². The zero-order valence-corrected chi connectivity index (χ0v) is 21.8. The number of hydrogen-bond donors (Lipinski definition) is 3. The van der Waals surface area contributed by atoms with Crippen molar-refractivity contribution in [1.82, 2.24) is 15.1 Å². The second-order valence-electron chi connectivity index (χ2n) is 10.8. The average Bonchev–Trinajstić information content (AvgIpc) is 3.71. The number of urea groups is 1. The number of hydrogen-bond acceptors (Lipinski definition) is 6. The van der Waals surface area contributed by atoms with E-state index in [1.807, 2.05) is 0 Å². The number of ether oxygens (including phenoxy) is 1. The maximum atomic E-state index is 14.9. The molecule has 2 atom stereocenters. The van der Waals surface area contributed by atoms with Crippen LogP contribution in [0.15, 0.2) is 30.3 Å². The number of carbonyl (C=O) groups excluding carboxylic acids is 4. The summed E-state index contributed by atoms with van der Waals surface area (Å²) in [5.41, 5.74) is -1.30. The molecule has 0 aromatic heterocycles. The van der Waals surface area contributed by atoms with Crippen LogP contribution in [0.25, 0.3) is 0 Å². The van der Waals surface area contributed by atoms with Crippen molar-refractivity contribution in [1.29, 1.82) is 0 Å². The number of fused-ring (bicyclic) bond motifs is 3. The Morgan fingerprint density at radius 3 is 2.55 bits per heavy atom. The first kappa shape index (κ1) is 26.2. The number of nitrogens with zero attached hydrogens (tertiary/aromatic N) is 2. The first-order valence-electron chi connectivity index (χ1n) is 13.2. The zero-order chi connectivity index (χ0) is 28.4. The highest BCUT2D eigenvalue weighted by atomic mass is 19.1. The fourth-order valence-corrected chi connectivity index (χ4v) is 6.18. The van der Waals surface area contributed by atoms with Crippen LogP contribution < -0.4 is 10.6 Å². The van der Waals surface area contributed by atoms with Gasteiger partial charge in [0.25, 0.3) is 5.91 Å². The van der Waals surface area contributed by atoms with Gasteiger partial charge >= 0.3 is 12.1 Å². The summed E-state index contributed by atoms with van der Waals surface area (Å²) in [6.45, 7) is -0.669. The van der Waals surface area contributed by atoms with Gasteiger partial charge in [0, 0.05) is 31.5 Å². The van der Waals surface area contributed by atoms with Crippen LogP contribution in [0.2, 0.25) is 0 Å². The van der Waals surface area contributed by atoms with Crippen molar-refractivity contribution in [2.45, 2.75) is 56.4 Å². The number of halogens is 2. The molecule has 12 heteroatoms. The molecule has 5 amide bonds. The van der Waals surface area contributed by atoms with Crippen LogP contribution in [0, 0.1) is 17.6 Å². The summed E-state index contributed by atoms with van der Waals surface area (Å²) >= 11 is 0. The van der Waals surface area contributed by atoms with Crippen LogP contribution >= 0.6 is 0 Å². The first-order chi connectivity index (χ1) is 19.1. The van der Waals surface area contributed by atoms with Gasteiger partial charge in [0.1, 0.15) is 23.9 Å². The number of amides is 5. The van der Waals surface area contributed by atoms with Gasteiger partial charge in [0.05, 0.1) is 5.69 Å². The molecule has 2 heterocycles. The van der Waals surface area contributed by atoms with E-state index in [4.69, 9.17) is 4.74 Å². The van der Waals surface area contributed by atoms with Crippen LogP contribution in [0.5, 0.6) is 0 Å². The Morgan fingerprint density at radius 2 is 1.82 bits per heavy atom. The van der Waals surface area contributed by atoms with Crippen molar-refractivity contribution in [2.24, 2.45) is 5.92 Å². The number of benzene rings is 2. The summed E-state index contributed by atoms with van der Waals surface area (Å²) in [7, 11) is 1.39. The third-order valence-corrected chi connectivity index (χ3v) is 8.47. The SMILES string of the molecule is CNC(=O)Nc1cc2c(cc1F)[C@]1(CC2)OC(=O)N(CC(=O)N2Cc3ccc(F)cc3CC[C@@]2(O)C2CC2)C1=O. The number of nitrogens with one attached hydrogen (secondary N) is 2. The van der Waals surface area contributed by atoms with E-state index in [0.717, 1.165) is 18.9 Å². The average molecular weight is 555 g/mol. The Balaban J connectivity index is 1.27. The Morgan fingerprint density at radius 1 is 1.07 bits per heavy atom. The molecule has 210 valence electrons. The Hall–Kier alpha value is -4.06. The molecule has 2 aromatic carbocycles. The monoisotopic (exact) mass is 554 g/mol. The number of imide groups is 1. The summed E-state index contributed by atoms with van der Waals surface area (Å²) < 4.78 is 34.3. The van der Waals surface area contributed by atoms with Crippen LogP contribution in [-0.2, 0) is 39.3 Å². The molecule has 0 radical (unpaired) electrons. The molecule has 0 bridgehead atoms. The number of aryl methyl sites for hydroxylation is 2. The third-order valence-electron chi connectivity index (χ3n) is 8.47. The summed E-state index contributed by atoms with van der Waals surface area (Å²) in [6.07, 6.45) is 1.30. The van der Waals surface area contributed by atoms with E-state index in [9.17, 15) is 33.1 Å². The lowest BCUT2D eigenvalue weighted by Crippen LogP contribution is -2.55. The van der Waals surface area contributed by atoms with Gasteiger partial charge in [-0.15, -0.1) is 0 Å². The van der Waals surface area contributed by atoms with Gasteiger partial charge in [-0.25, -0.2) is 23.3 Å². The molecule has 40 heavy (non-hydrogen) atoms. The van der Waals surface area contributed by atoms with E-state index in [2.05, 4.69) is 10.6 Å². The van der Waals surface area contributed by atoms with Gasteiger partial charge in [-0.2, -0.15) is 0 Å². The van der Waals surface area contributed by atoms with Crippen LogP contribution in [-0.4, -0.2) is 58.2 Å². The number of aliphatic hydroxyl groups is 1. The molecule has 2 aliphatic carbocycles. The fraction of sp³-hybridized carbons (Fsp3) is 0.429. The minimum absolute atomic E-state index is 0.00116. The van der Waals surface area contributed by atoms with Crippen LogP contribution in [0.3, 0.4) is 0 Å². The molecule has 4 aliphatic rings. The highest BCUT2D eigenvalue weighted by Crippen LogP contribution is 2.48. The largest absolute Gasteiger partial charge is 0.427 e. The van der Waals surface area contributed by atoms with E-state index < -0.39 is 53.4 Å². The normalized spacial score (nSPS) is 25.4. The quantitative estimate of drug-likeness (QED) is 0.533. The van der Waals surface area contributed by atoms with Gasteiger partial charge in [-0.05, 0) is 73.1 Å². The summed E-state index contributed by atoms with van der Waals surface area (Å²) in [6, 6.07) is 6.11. The summed E-state index contributed by atoms with van der Waals surface area (Å²) in [5.74, 6) is -2.82. The minimum Gasteiger partial charge on any atom is -0.427 e. The van der Waals surface area contributed by atoms with Crippen molar-refractivity contribution >= 4 is 29.6 Å². The lowest BCUT2D eigenvalue weighted by molar-refractivity contribution is -0.170. The number of carbonyl (C=O) groups is 4. The molecule has 1 saturated carbocycles. The summed E-state index contributed by atoms with van der Waals surface area (Å²) in [4.78, 5) is 54.0. The van der Waals surface area contributed by atoms with Crippen molar-refractivity contribution in [2.75, 3.05) is 18.9 Å². The van der Waals surface area contributed by atoms with E-state index in [0.29, 0.717) is 28.0 Å². The number of anilines is 1. The molecule has 1 spiro atoms. The maximum absolute atomic E-state index is 14.9. The maximum Gasteiger partial charge on any atom is 0.418 e. The minimum atomic E-state index is -1.78. The second kappa shape index (κ2) is 9.26. The second-order valence-corrected chi connectivity index (χ2v) is 10.8. The van der Waals surface area contributed by atoms with E-state index in [1.54, 1.807) is 6.07 Å². The molecule has 2 fully saturated rings. The van der Waals surface area contributed by atoms with Crippen molar-refractivity contribution < 1.29 is 37.8 Å². The molecule has 3 N–H and O–H groups in total. The van der Waals surface area contributed by atoms with Gasteiger partial charge in [-0.3, -0.25) is 9.59 Å². The standard InChI is InChI=1S/C28H28F2N4O6/c1-31-25(37)32-22-11-16-6-8-27(20(16)12-21(22)30)24(36)33(26(38)40-27)14-23(35)34-13-17-2-5-19(29)10-15(17)7-9-28(34,39)18-3-4-18/h2,5,10-12,18,39H,3-4,6-9,13-14H2,1H3,(H2,31,32,37)/t27-,28+/m0/s1. The van der Waals surface area contributed by atoms with Crippen molar-refractivity contribution in [3.05, 3.63) is 64.2 Å².